The molecule has 0 radical (unpaired) electrons. The topological polar surface area (TPSA) is 149 Å². The summed E-state index contributed by atoms with van der Waals surface area (Å²) < 4.78 is 33.8. The lowest BCUT2D eigenvalue weighted by molar-refractivity contribution is 0.0684. The van der Waals surface area contributed by atoms with Crippen LogP contribution in [0.2, 0.25) is 0 Å². The van der Waals surface area contributed by atoms with Crippen LogP contribution in [-0.4, -0.2) is 83.6 Å². The van der Waals surface area contributed by atoms with Gasteiger partial charge in [0.05, 0.1) is 22.4 Å². The van der Waals surface area contributed by atoms with E-state index in [0.29, 0.717) is 61.7 Å². The Balaban J connectivity index is 1.02. The van der Waals surface area contributed by atoms with Crippen LogP contribution in [0.1, 0.15) is 72.1 Å². The number of nitrogens with zero attached hydrogens (tertiary/aromatic N) is 4. The second-order valence-electron chi connectivity index (χ2n) is 13.7. The molecule has 52 heavy (non-hydrogen) atoms. The van der Waals surface area contributed by atoms with Gasteiger partial charge in [0.1, 0.15) is 22.8 Å². The molecule has 14 heteroatoms. The first-order chi connectivity index (χ1) is 25.1. The molecule has 12 nitrogen and oxygen atoms in total. The number of fused-ring (bicyclic) bond motifs is 2. The van der Waals surface area contributed by atoms with Crippen LogP contribution in [0, 0.1) is 11.6 Å². The highest BCUT2D eigenvalue weighted by molar-refractivity contribution is 5.94. The van der Waals surface area contributed by atoms with Crippen molar-refractivity contribution in [3.8, 4) is 0 Å². The number of benzene rings is 2. The van der Waals surface area contributed by atoms with E-state index in [1.807, 2.05) is 9.80 Å². The van der Waals surface area contributed by atoms with Gasteiger partial charge >= 0.3 is 11.9 Å². The van der Waals surface area contributed by atoms with E-state index in [-0.39, 0.29) is 21.9 Å². The molecule has 2 aromatic heterocycles. The Bertz CT molecular complexity index is 1920. The number of nitrogens with one attached hydrogen (secondary N) is 2. The van der Waals surface area contributed by atoms with Crippen molar-refractivity contribution in [3.05, 3.63) is 79.9 Å². The van der Waals surface area contributed by atoms with E-state index in [0.717, 1.165) is 77.5 Å². The van der Waals surface area contributed by atoms with E-state index in [2.05, 4.69) is 10.6 Å². The first-order valence-corrected chi connectivity index (χ1v) is 18.3. The fraction of sp³-hybridized carbons (Fsp3) is 0.474. The number of pyridine rings is 2. The molecule has 2 aromatic carbocycles. The molecular weight excluding hydrogens is 674 g/mol. The number of halogens is 2. The van der Waals surface area contributed by atoms with Crippen molar-refractivity contribution in [2.45, 2.75) is 64.5 Å². The fourth-order valence-electron chi connectivity index (χ4n) is 7.39. The van der Waals surface area contributed by atoms with Gasteiger partial charge < -0.3 is 39.8 Å². The lowest BCUT2D eigenvalue weighted by Gasteiger charge is -2.30. The van der Waals surface area contributed by atoms with Crippen LogP contribution in [-0.2, 0) is 13.1 Å². The van der Waals surface area contributed by atoms with Gasteiger partial charge in [-0.25, -0.2) is 18.4 Å². The second kappa shape index (κ2) is 16.7. The summed E-state index contributed by atoms with van der Waals surface area (Å²) in [4.78, 5) is 53.4. The van der Waals surface area contributed by atoms with Crippen LogP contribution in [0.4, 0.5) is 20.2 Å². The van der Waals surface area contributed by atoms with Crippen LogP contribution in [0.25, 0.3) is 21.8 Å². The molecular formula is C38H46F2N6O6. The van der Waals surface area contributed by atoms with E-state index in [9.17, 15) is 29.4 Å². The number of anilines is 2. The number of unbranched alkanes of at least 4 members (excludes halogenated alkanes) is 7. The number of carboxylic acids is 2. The predicted molar refractivity (Wildman–Crippen MR) is 197 cm³/mol. The van der Waals surface area contributed by atoms with Crippen LogP contribution >= 0.6 is 0 Å². The molecule has 0 aliphatic carbocycles. The third-order valence-corrected chi connectivity index (χ3v) is 10.2. The summed E-state index contributed by atoms with van der Waals surface area (Å²) in [6, 6.07) is 5.69. The zero-order chi connectivity index (χ0) is 36.8. The number of carboxylic acid groups (broad SMARTS) is 2. The van der Waals surface area contributed by atoms with Crippen molar-refractivity contribution >= 4 is 45.1 Å². The number of hydrogen-bond donors (Lipinski definition) is 4. The smallest absolute Gasteiger partial charge is 0.341 e. The average Bonchev–Trinajstić information content (AvgIpc) is 3.14. The molecule has 278 valence electrons. The van der Waals surface area contributed by atoms with Crippen LogP contribution < -0.4 is 31.3 Å². The molecule has 0 amide bonds. The summed E-state index contributed by atoms with van der Waals surface area (Å²) in [7, 11) is 0. The molecule has 2 aliphatic heterocycles. The molecule has 0 unspecified atom stereocenters. The van der Waals surface area contributed by atoms with Gasteiger partial charge in [0, 0.05) is 88.6 Å². The van der Waals surface area contributed by atoms with Gasteiger partial charge in [-0.2, -0.15) is 0 Å². The van der Waals surface area contributed by atoms with Gasteiger partial charge in [-0.3, -0.25) is 9.59 Å². The van der Waals surface area contributed by atoms with E-state index in [1.54, 1.807) is 21.3 Å². The monoisotopic (exact) mass is 720 g/mol. The van der Waals surface area contributed by atoms with Crippen molar-refractivity contribution in [1.82, 2.24) is 19.8 Å². The summed E-state index contributed by atoms with van der Waals surface area (Å²) in [6.07, 6.45) is 10.0. The molecule has 2 aliphatic rings. The maximum Gasteiger partial charge on any atom is 0.341 e. The standard InChI is InChI=1S/C38H46F2N6O6/c39-29-19-25-31(21-33(29)43-15-9-41-10-16-43)45(23-27(35(25)47)37(49)50)13-7-5-3-1-2-4-6-8-14-46-24-28(38(51)52)36(48)26-20-30(40)34(22-32(26)46)44-17-11-42-12-18-44/h19-24,41-42H,1-18H2,(H,49,50)(H,51,52). The number of hydrogen-bond acceptors (Lipinski definition) is 8. The Morgan fingerprint density at radius 2 is 0.923 bits per heavy atom. The third-order valence-electron chi connectivity index (χ3n) is 10.2. The molecule has 4 aromatic rings. The van der Waals surface area contributed by atoms with Crippen LogP contribution in [0.15, 0.2) is 46.2 Å². The number of aromatic nitrogens is 2. The molecule has 6 rings (SSSR count). The number of aryl methyl sites for hydroxylation is 2. The summed E-state index contributed by atoms with van der Waals surface area (Å²) in [5.74, 6) is -3.74. The Kier molecular flexibility index (Phi) is 11.9. The third kappa shape index (κ3) is 8.13. The lowest BCUT2D eigenvalue weighted by atomic mass is 10.1. The first kappa shape index (κ1) is 37.0. The number of piperazine rings is 2. The minimum absolute atomic E-state index is 0.0674. The lowest BCUT2D eigenvalue weighted by Crippen LogP contribution is -2.43. The molecule has 0 spiro atoms. The summed E-state index contributed by atoms with van der Waals surface area (Å²) in [5.41, 5.74) is -0.232. The molecule has 0 atom stereocenters. The fourth-order valence-corrected chi connectivity index (χ4v) is 7.39. The number of rotatable bonds is 15. The summed E-state index contributed by atoms with van der Waals surface area (Å²) in [5, 5.41) is 25.9. The van der Waals surface area contributed by atoms with Crippen molar-refractivity contribution < 1.29 is 28.6 Å². The average molecular weight is 721 g/mol. The molecule has 2 saturated heterocycles. The molecule has 0 bridgehead atoms. The maximum atomic E-state index is 15.1. The van der Waals surface area contributed by atoms with Crippen molar-refractivity contribution in [3.63, 3.8) is 0 Å². The summed E-state index contributed by atoms with van der Waals surface area (Å²) in [6.45, 7) is 6.43. The van der Waals surface area contributed by atoms with Gasteiger partial charge in [0.15, 0.2) is 0 Å². The minimum atomic E-state index is -1.34. The predicted octanol–water partition coefficient (Wildman–Crippen LogP) is 4.63. The highest BCUT2D eigenvalue weighted by Gasteiger charge is 2.22. The van der Waals surface area contributed by atoms with Crippen LogP contribution in [0.5, 0.6) is 0 Å². The number of carbonyl (C=O) groups is 2. The van der Waals surface area contributed by atoms with Crippen molar-refractivity contribution in [2.24, 2.45) is 0 Å². The first-order valence-electron chi connectivity index (χ1n) is 18.3. The minimum Gasteiger partial charge on any atom is -0.477 e. The van der Waals surface area contributed by atoms with Gasteiger partial charge in [-0.05, 0) is 37.1 Å². The van der Waals surface area contributed by atoms with E-state index in [4.69, 9.17) is 0 Å². The van der Waals surface area contributed by atoms with E-state index < -0.39 is 34.4 Å². The summed E-state index contributed by atoms with van der Waals surface area (Å²) >= 11 is 0. The Morgan fingerprint density at radius 1 is 0.577 bits per heavy atom. The van der Waals surface area contributed by atoms with Gasteiger partial charge in [-0.15, -0.1) is 0 Å². The highest BCUT2D eigenvalue weighted by atomic mass is 19.1. The normalized spacial score (nSPS) is 15.1. The molecule has 4 N–H and O–H groups in total. The van der Waals surface area contributed by atoms with Gasteiger partial charge in [0.2, 0.25) is 10.9 Å². The zero-order valence-corrected chi connectivity index (χ0v) is 29.3. The highest BCUT2D eigenvalue weighted by Crippen LogP contribution is 2.28. The Hall–Kier alpha value is -4.82. The Labute approximate surface area is 299 Å². The molecule has 0 saturated carbocycles. The van der Waals surface area contributed by atoms with E-state index >= 15 is 8.78 Å². The molecule has 2 fully saturated rings. The largest absolute Gasteiger partial charge is 0.477 e. The van der Waals surface area contributed by atoms with Crippen molar-refractivity contribution in [1.29, 1.82) is 0 Å². The zero-order valence-electron chi connectivity index (χ0n) is 29.3. The SMILES string of the molecule is O=C(O)c1cn(CCCCCCCCCCn2cc(C(=O)O)c(=O)c3cc(F)c(N4CCNCC4)cc32)c2cc(N3CCNCC3)c(F)cc2c1=O. The maximum absolute atomic E-state index is 15.1. The Morgan fingerprint density at radius 3 is 1.27 bits per heavy atom. The van der Waals surface area contributed by atoms with E-state index in [1.165, 1.54) is 24.5 Å². The van der Waals surface area contributed by atoms with Crippen molar-refractivity contribution in [2.75, 3.05) is 62.2 Å². The van der Waals surface area contributed by atoms with Crippen LogP contribution in [0.3, 0.4) is 0 Å². The quantitative estimate of drug-likeness (QED) is 0.128. The molecule has 4 heterocycles. The number of aromatic carboxylic acids is 2. The van der Waals surface area contributed by atoms with Gasteiger partial charge in [-0.1, -0.05) is 38.5 Å². The second-order valence-corrected chi connectivity index (χ2v) is 13.7. The van der Waals surface area contributed by atoms with Gasteiger partial charge in [0.25, 0.3) is 0 Å².